The first-order valence-electron chi connectivity index (χ1n) is 8.91. The highest BCUT2D eigenvalue weighted by molar-refractivity contribution is 7.89. The van der Waals surface area contributed by atoms with E-state index in [1.165, 1.54) is 12.1 Å². The highest BCUT2D eigenvalue weighted by Crippen LogP contribution is 2.20. The standard InChI is InChI=1S/C20H24N2O5S/c1-2-18(16-6-4-3-5-7-16)20(24)27-14-19(23)22-13-12-15-8-10-17(11-9-15)28(21,25)26/h3-11,18H,2,12-14H2,1H3,(H,22,23)(H2,21,25,26). The summed E-state index contributed by atoms with van der Waals surface area (Å²) in [7, 11) is -3.72. The first kappa shape index (κ1) is 21.6. The molecule has 1 amide bonds. The van der Waals surface area contributed by atoms with Crippen LogP contribution in [-0.4, -0.2) is 33.4 Å². The molecule has 0 bridgehead atoms. The van der Waals surface area contributed by atoms with Gasteiger partial charge < -0.3 is 10.1 Å². The molecule has 0 aliphatic carbocycles. The smallest absolute Gasteiger partial charge is 0.313 e. The van der Waals surface area contributed by atoms with Crippen LogP contribution in [-0.2, 0) is 30.8 Å². The van der Waals surface area contributed by atoms with E-state index in [0.717, 1.165) is 11.1 Å². The molecule has 1 atom stereocenters. The number of amides is 1. The van der Waals surface area contributed by atoms with Gasteiger partial charge in [0.15, 0.2) is 6.61 Å². The van der Waals surface area contributed by atoms with Gasteiger partial charge in [-0.3, -0.25) is 9.59 Å². The number of esters is 1. The molecule has 0 aliphatic rings. The van der Waals surface area contributed by atoms with Gasteiger partial charge in [0.25, 0.3) is 5.91 Å². The highest BCUT2D eigenvalue weighted by atomic mass is 32.2. The molecule has 2 aromatic carbocycles. The minimum atomic E-state index is -3.72. The summed E-state index contributed by atoms with van der Waals surface area (Å²) in [5, 5.41) is 7.72. The van der Waals surface area contributed by atoms with E-state index in [4.69, 9.17) is 9.88 Å². The SMILES string of the molecule is CCC(C(=O)OCC(=O)NCCc1ccc(S(N)(=O)=O)cc1)c1ccccc1. The predicted molar refractivity (Wildman–Crippen MR) is 105 cm³/mol. The Morgan fingerprint density at radius 2 is 1.71 bits per heavy atom. The van der Waals surface area contributed by atoms with E-state index < -0.39 is 27.8 Å². The van der Waals surface area contributed by atoms with Crippen molar-refractivity contribution in [1.82, 2.24) is 5.32 Å². The van der Waals surface area contributed by atoms with Gasteiger partial charge in [-0.25, -0.2) is 13.6 Å². The zero-order valence-electron chi connectivity index (χ0n) is 15.6. The van der Waals surface area contributed by atoms with Crippen LogP contribution in [0.4, 0.5) is 0 Å². The second-order valence-electron chi connectivity index (χ2n) is 6.27. The predicted octanol–water partition coefficient (Wildman–Crippen LogP) is 1.73. The van der Waals surface area contributed by atoms with Crippen LogP contribution in [0.3, 0.4) is 0 Å². The number of sulfonamides is 1. The van der Waals surface area contributed by atoms with Gasteiger partial charge in [0.1, 0.15) is 0 Å². The summed E-state index contributed by atoms with van der Waals surface area (Å²) < 4.78 is 27.6. The number of rotatable bonds is 9. The number of benzene rings is 2. The van der Waals surface area contributed by atoms with Crippen molar-refractivity contribution in [3.05, 3.63) is 65.7 Å². The van der Waals surface area contributed by atoms with E-state index in [-0.39, 0.29) is 11.5 Å². The van der Waals surface area contributed by atoms with Crippen LogP contribution in [0.1, 0.15) is 30.4 Å². The minimum Gasteiger partial charge on any atom is -0.455 e. The Kier molecular flexibility index (Phi) is 7.71. The molecule has 0 fully saturated rings. The van der Waals surface area contributed by atoms with Crippen molar-refractivity contribution in [2.45, 2.75) is 30.6 Å². The Morgan fingerprint density at radius 1 is 1.07 bits per heavy atom. The summed E-state index contributed by atoms with van der Waals surface area (Å²) in [5.41, 5.74) is 1.71. The van der Waals surface area contributed by atoms with Crippen molar-refractivity contribution in [3.8, 4) is 0 Å². The van der Waals surface area contributed by atoms with E-state index in [9.17, 15) is 18.0 Å². The van der Waals surface area contributed by atoms with Crippen LogP contribution >= 0.6 is 0 Å². The van der Waals surface area contributed by atoms with Gasteiger partial charge in [0, 0.05) is 6.54 Å². The van der Waals surface area contributed by atoms with E-state index >= 15 is 0 Å². The van der Waals surface area contributed by atoms with Crippen LogP contribution in [0.15, 0.2) is 59.5 Å². The molecule has 8 heteroatoms. The van der Waals surface area contributed by atoms with Crippen molar-refractivity contribution >= 4 is 21.9 Å². The maximum Gasteiger partial charge on any atom is 0.313 e. The maximum atomic E-state index is 12.2. The Balaban J connectivity index is 1.76. The monoisotopic (exact) mass is 404 g/mol. The van der Waals surface area contributed by atoms with E-state index in [0.29, 0.717) is 19.4 Å². The van der Waals surface area contributed by atoms with Crippen LogP contribution in [0.2, 0.25) is 0 Å². The molecule has 2 rings (SSSR count). The number of carbonyl (C=O) groups excluding carboxylic acids is 2. The molecule has 2 aromatic rings. The lowest BCUT2D eigenvalue weighted by Gasteiger charge is -2.14. The fraction of sp³-hybridized carbons (Fsp3) is 0.300. The van der Waals surface area contributed by atoms with Crippen molar-refractivity contribution in [2.24, 2.45) is 5.14 Å². The zero-order valence-corrected chi connectivity index (χ0v) is 16.4. The fourth-order valence-corrected chi connectivity index (χ4v) is 3.22. The van der Waals surface area contributed by atoms with E-state index in [1.807, 2.05) is 37.3 Å². The fourth-order valence-electron chi connectivity index (χ4n) is 2.70. The molecule has 150 valence electrons. The lowest BCUT2D eigenvalue weighted by molar-refractivity contribution is -0.150. The number of hydrogen-bond donors (Lipinski definition) is 2. The quantitative estimate of drug-likeness (QED) is 0.618. The summed E-state index contributed by atoms with van der Waals surface area (Å²) in [6.45, 7) is 1.88. The molecule has 0 radical (unpaired) electrons. The first-order chi connectivity index (χ1) is 13.3. The van der Waals surface area contributed by atoms with E-state index in [1.54, 1.807) is 12.1 Å². The Bertz CT molecular complexity index is 896. The van der Waals surface area contributed by atoms with E-state index in [2.05, 4.69) is 5.32 Å². The molecule has 7 nitrogen and oxygen atoms in total. The molecule has 0 spiro atoms. The van der Waals surface area contributed by atoms with Crippen LogP contribution in [0.25, 0.3) is 0 Å². The van der Waals surface area contributed by atoms with Crippen LogP contribution in [0.5, 0.6) is 0 Å². The number of nitrogens with one attached hydrogen (secondary N) is 1. The first-order valence-corrected chi connectivity index (χ1v) is 10.5. The molecule has 0 saturated heterocycles. The van der Waals surface area contributed by atoms with Crippen molar-refractivity contribution in [2.75, 3.05) is 13.2 Å². The van der Waals surface area contributed by atoms with Gasteiger partial charge in [-0.05, 0) is 36.1 Å². The number of ether oxygens (including phenoxy) is 1. The molecule has 0 aromatic heterocycles. The Hall–Kier alpha value is -2.71. The third-order valence-corrected chi connectivity index (χ3v) is 5.16. The second kappa shape index (κ2) is 10.0. The molecule has 28 heavy (non-hydrogen) atoms. The average Bonchev–Trinajstić information content (AvgIpc) is 2.67. The topological polar surface area (TPSA) is 116 Å². The molecule has 0 aliphatic heterocycles. The van der Waals surface area contributed by atoms with Crippen LogP contribution in [0, 0.1) is 0 Å². The lowest BCUT2D eigenvalue weighted by atomic mass is 9.97. The molecule has 0 heterocycles. The second-order valence-corrected chi connectivity index (χ2v) is 7.83. The largest absolute Gasteiger partial charge is 0.455 e. The number of hydrogen-bond acceptors (Lipinski definition) is 5. The number of carbonyl (C=O) groups is 2. The third-order valence-electron chi connectivity index (χ3n) is 4.23. The summed E-state index contributed by atoms with van der Waals surface area (Å²) >= 11 is 0. The van der Waals surface area contributed by atoms with Gasteiger partial charge in [-0.1, -0.05) is 49.4 Å². The van der Waals surface area contributed by atoms with Gasteiger partial charge in [-0.2, -0.15) is 0 Å². The van der Waals surface area contributed by atoms with Gasteiger partial charge in [-0.15, -0.1) is 0 Å². The van der Waals surface area contributed by atoms with Crippen molar-refractivity contribution < 1.29 is 22.7 Å². The van der Waals surface area contributed by atoms with Crippen molar-refractivity contribution in [3.63, 3.8) is 0 Å². The molecule has 1 unspecified atom stereocenters. The minimum absolute atomic E-state index is 0.0380. The number of primary sulfonamides is 1. The summed E-state index contributed by atoms with van der Waals surface area (Å²) in [6, 6.07) is 15.4. The molecule has 0 saturated carbocycles. The highest BCUT2D eigenvalue weighted by Gasteiger charge is 2.20. The third kappa shape index (κ3) is 6.47. The average molecular weight is 404 g/mol. The van der Waals surface area contributed by atoms with Crippen LogP contribution < -0.4 is 10.5 Å². The molecular formula is C20H24N2O5S. The molecule has 3 N–H and O–H groups in total. The van der Waals surface area contributed by atoms with Gasteiger partial charge in [0.2, 0.25) is 10.0 Å². The van der Waals surface area contributed by atoms with Crippen molar-refractivity contribution in [1.29, 1.82) is 0 Å². The summed E-state index contributed by atoms with van der Waals surface area (Å²) in [6.07, 6.45) is 1.09. The Morgan fingerprint density at radius 3 is 2.29 bits per heavy atom. The Labute approximate surface area is 164 Å². The maximum absolute atomic E-state index is 12.2. The van der Waals surface area contributed by atoms with Gasteiger partial charge >= 0.3 is 5.97 Å². The number of nitrogens with two attached hydrogens (primary N) is 1. The summed E-state index contributed by atoms with van der Waals surface area (Å²) in [5.74, 6) is -1.22. The zero-order chi connectivity index (χ0) is 20.6. The summed E-state index contributed by atoms with van der Waals surface area (Å²) in [4.78, 5) is 24.2. The molecular weight excluding hydrogens is 380 g/mol. The van der Waals surface area contributed by atoms with Gasteiger partial charge in [0.05, 0.1) is 10.8 Å². The lowest BCUT2D eigenvalue weighted by Crippen LogP contribution is -2.31. The normalized spacial score (nSPS) is 12.2.